The Labute approximate surface area is 139 Å². The maximum absolute atomic E-state index is 9.37. The Bertz CT molecular complexity index is 772. The maximum Gasteiger partial charge on any atom is 0.162 e. The fourth-order valence-corrected chi connectivity index (χ4v) is 3.07. The Balaban J connectivity index is 1.77. The Morgan fingerprint density at radius 3 is 2.78 bits per heavy atom. The molecule has 6 heteroatoms. The first-order chi connectivity index (χ1) is 11.2. The molecular weight excluding hydrogens is 310 g/mol. The van der Waals surface area contributed by atoms with E-state index in [4.69, 9.17) is 9.47 Å². The minimum Gasteiger partial charge on any atom is -0.493 e. The number of ether oxygens (including phenoxy) is 2. The number of anilines is 1. The van der Waals surface area contributed by atoms with Gasteiger partial charge in [0.2, 0.25) is 0 Å². The number of thiazole rings is 1. The van der Waals surface area contributed by atoms with Crippen LogP contribution in [0.3, 0.4) is 0 Å². The van der Waals surface area contributed by atoms with Crippen molar-refractivity contribution < 1.29 is 9.47 Å². The fourth-order valence-electron chi connectivity index (χ4n) is 2.20. The third kappa shape index (κ3) is 3.46. The van der Waals surface area contributed by atoms with Gasteiger partial charge in [0.1, 0.15) is 16.6 Å². The maximum atomic E-state index is 9.37. The average molecular weight is 327 g/mol. The van der Waals surface area contributed by atoms with Gasteiger partial charge in [0.25, 0.3) is 0 Å². The summed E-state index contributed by atoms with van der Waals surface area (Å²) in [5.74, 6) is 1.89. The zero-order valence-corrected chi connectivity index (χ0v) is 13.8. The van der Waals surface area contributed by atoms with Crippen LogP contribution < -0.4 is 14.8 Å². The van der Waals surface area contributed by atoms with Gasteiger partial charge in [-0.3, -0.25) is 0 Å². The van der Waals surface area contributed by atoms with Crippen molar-refractivity contribution in [2.75, 3.05) is 19.5 Å². The molecule has 1 aromatic heterocycles. The van der Waals surface area contributed by atoms with E-state index in [1.54, 1.807) is 20.4 Å². The van der Waals surface area contributed by atoms with E-state index in [2.05, 4.69) is 21.8 Å². The fraction of sp³-hybridized carbons (Fsp3) is 0.294. The molecule has 0 aliphatic heterocycles. The van der Waals surface area contributed by atoms with E-state index < -0.39 is 0 Å². The first kappa shape index (κ1) is 15.4. The van der Waals surface area contributed by atoms with Crippen LogP contribution >= 0.6 is 11.3 Å². The molecule has 0 amide bonds. The summed E-state index contributed by atoms with van der Waals surface area (Å²) >= 11 is 1.51. The summed E-state index contributed by atoms with van der Waals surface area (Å²) in [6.45, 7) is 0. The summed E-state index contributed by atoms with van der Waals surface area (Å²) in [7, 11) is 3.19. The summed E-state index contributed by atoms with van der Waals surface area (Å²) < 4.78 is 10.5. The normalized spacial score (nSPS) is 14.2. The Hall–Kier alpha value is -2.52. The van der Waals surface area contributed by atoms with Crippen molar-refractivity contribution in [2.45, 2.75) is 18.8 Å². The van der Waals surface area contributed by atoms with Crippen molar-refractivity contribution in [1.29, 1.82) is 5.26 Å². The van der Waals surface area contributed by atoms with Crippen LogP contribution in [0.25, 0.3) is 5.57 Å². The van der Waals surface area contributed by atoms with Crippen LogP contribution in [-0.2, 0) is 0 Å². The number of benzene rings is 1. The van der Waals surface area contributed by atoms with Crippen molar-refractivity contribution in [3.63, 3.8) is 0 Å². The van der Waals surface area contributed by atoms with E-state index in [-0.39, 0.29) is 0 Å². The molecule has 2 aromatic rings. The minimum atomic E-state index is 0.525. The largest absolute Gasteiger partial charge is 0.493 e. The van der Waals surface area contributed by atoms with E-state index in [0.717, 1.165) is 16.4 Å². The molecule has 0 atom stereocenters. The van der Waals surface area contributed by atoms with Gasteiger partial charge in [-0.15, -0.1) is 11.3 Å². The van der Waals surface area contributed by atoms with Crippen molar-refractivity contribution in [1.82, 2.24) is 4.98 Å². The standard InChI is InChI=1S/C17H17N3O2S/c1-21-15-6-5-13(7-16(15)22-2)19-9-12(8-18)17-20-14(10-23-17)11-3-4-11/h5-7,9-11,19H,3-4H2,1-2H3. The highest BCUT2D eigenvalue weighted by Crippen LogP contribution is 2.40. The van der Waals surface area contributed by atoms with Gasteiger partial charge in [-0.25, -0.2) is 4.98 Å². The van der Waals surface area contributed by atoms with Crippen molar-refractivity contribution in [2.24, 2.45) is 0 Å². The molecule has 5 nitrogen and oxygen atoms in total. The smallest absolute Gasteiger partial charge is 0.162 e. The van der Waals surface area contributed by atoms with Gasteiger partial charge in [0.05, 0.1) is 19.9 Å². The van der Waals surface area contributed by atoms with Crippen molar-refractivity contribution >= 4 is 22.6 Å². The molecule has 118 valence electrons. The summed E-state index contributed by atoms with van der Waals surface area (Å²) in [6, 6.07) is 7.70. The van der Waals surface area contributed by atoms with E-state index in [1.165, 1.54) is 24.2 Å². The molecule has 3 rings (SSSR count). The predicted octanol–water partition coefficient (Wildman–Crippen LogP) is 4.01. The second-order valence-electron chi connectivity index (χ2n) is 5.24. The second kappa shape index (κ2) is 6.71. The molecule has 0 unspecified atom stereocenters. The Morgan fingerprint density at radius 2 is 2.13 bits per heavy atom. The van der Waals surface area contributed by atoms with Gasteiger partial charge in [-0.2, -0.15) is 5.26 Å². The molecule has 1 aromatic carbocycles. The number of rotatable bonds is 6. The number of nitrogens with zero attached hydrogens (tertiary/aromatic N) is 2. The van der Waals surface area contributed by atoms with Gasteiger partial charge in [-0.05, 0) is 25.0 Å². The average Bonchev–Trinajstić information content (AvgIpc) is 3.33. The Morgan fingerprint density at radius 1 is 1.35 bits per heavy atom. The van der Waals surface area contributed by atoms with Crippen LogP contribution in [0.1, 0.15) is 29.5 Å². The molecule has 0 bridgehead atoms. The molecule has 0 spiro atoms. The second-order valence-corrected chi connectivity index (χ2v) is 6.09. The molecule has 1 heterocycles. The van der Waals surface area contributed by atoms with Gasteiger partial charge < -0.3 is 14.8 Å². The van der Waals surface area contributed by atoms with Crippen LogP contribution in [0.5, 0.6) is 11.5 Å². The summed E-state index contributed by atoms with van der Waals surface area (Å²) in [5, 5.41) is 15.3. The molecule has 0 saturated heterocycles. The van der Waals surface area contributed by atoms with Crippen LogP contribution in [0.4, 0.5) is 5.69 Å². The highest BCUT2D eigenvalue weighted by molar-refractivity contribution is 7.10. The van der Waals surface area contributed by atoms with E-state index in [9.17, 15) is 5.26 Å². The number of aromatic nitrogens is 1. The lowest BCUT2D eigenvalue weighted by atomic mass is 10.2. The van der Waals surface area contributed by atoms with Crippen LogP contribution in [0, 0.1) is 11.3 Å². The van der Waals surface area contributed by atoms with Gasteiger partial charge in [0, 0.05) is 29.3 Å². The third-order valence-corrected chi connectivity index (χ3v) is 4.53. The SMILES string of the molecule is COc1ccc(NC=C(C#N)c2nc(C3CC3)cs2)cc1OC. The van der Waals surface area contributed by atoms with Gasteiger partial charge in [0.15, 0.2) is 11.5 Å². The summed E-state index contributed by atoms with van der Waals surface area (Å²) in [4.78, 5) is 4.56. The highest BCUT2D eigenvalue weighted by atomic mass is 32.1. The zero-order chi connectivity index (χ0) is 16.2. The van der Waals surface area contributed by atoms with E-state index in [1.807, 2.05) is 18.2 Å². The molecule has 1 aliphatic carbocycles. The molecule has 1 N–H and O–H groups in total. The number of nitriles is 1. The first-order valence-corrected chi connectivity index (χ1v) is 8.17. The quantitative estimate of drug-likeness (QED) is 0.812. The number of hydrogen-bond acceptors (Lipinski definition) is 6. The molecular formula is C17H17N3O2S. The van der Waals surface area contributed by atoms with Crippen LogP contribution in [0.15, 0.2) is 29.8 Å². The Kier molecular flexibility index (Phi) is 4.49. The number of allylic oxidation sites excluding steroid dienone is 1. The monoisotopic (exact) mass is 327 g/mol. The lowest BCUT2D eigenvalue weighted by Gasteiger charge is -2.09. The minimum absolute atomic E-state index is 0.525. The summed E-state index contributed by atoms with van der Waals surface area (Å²) in [5.41, 5.74) is 2.45. The van der Waals surface area contributed by atoms with Gasteiger partial charge in [-0.1, -0.05) is 0 Å². The number of hydrogen-bond donors (Lipinski definition) is 1. The number of methoxy groups -OCH3 is 2. The van der Waals surface area contributed by atoms with Crippen LogP contribution in [-0.4, -0.2) is 19.2 Å². The lowest BCUT2D eigenvalue weighted by Crippen LogP contribution is -1.94. The van der Waals surface area contributed by atoms with E-state index >= 15 is 0 Å². The van der Waals surface area contributed by atoms with Crippen molar-refractivity contribution in [3.8, 4) is 17.6 Å². The van der Waals surface area contributed by atoms with Crippen LogP contribution in [0.2, 0.25) is 0 Å². The zero-order valence-electron chi connectivity index (χ0n) is 13.0. The first-order valence-electron chi connectivity index (χ1n) is 7.29. The topological polar surface area (TPSA) is 67.2 Å². The highest BCUT2D eigenvalue weighted by Gasteiger charge is 2.26. The predicted molar refractivity (Wildman–Crippen MR) is 90.8 cm³/mol. The lowest BCUT2D eigenvalue weighted by molar-refractivity contribution is 0.355. The molecule has 1 aliphatic rings. The van der Waals surface area contributed by atoms with Gasteiger partial charge >= 0.3 is 0 Å². The van der Waals surface area contributed by atoms with Crippen molar-refractivity contribution in [3.05, 3.63) is 40.5 Å². The number of nitrogens with one attached hydrogen (secondary N) is 1. The molecule has 23 heavy (non-hydrogen) atoms. The molecule has 1 fully saturated rings. The van der Waals surface area contributed by atoms with E-state index in [0.29, 0.717) is 23.0 Å². The molecule has 1 saturated carbocycles. The molecule has 0 radical (unpaired) electrons. The summed E-state index contributed by atoms with van der Waals surface area (Å²) in [6.07, 6.45) is 4.09. The third-order valence-electron chi connectivity index (χ3n) is 3.64.